The zero-order valence-electron chi connectivity index (χ0n) is 22.1. The van der Waals surface area contributed by atoms with E-state index < -0.39 is 17.3 Å². The first kappa shape index (κ1) is 26.9. The van der Waals surface area contributed by atoms with Crippen LogP contribution < -0.4 is 15.3 Å². The van der Waals surface area contributed by atoms with Crippen molar-refractivity contribution < 1.29 is 22.6 Å². The Morgan fingerprint density at radius 3 is 2.70 bits per heavy atom. The zero-order chi connectivity index (χ0) is 28.2. The minimum Gasteiger partial charge on any atom is -0.487 e. The van der Waals surface area contributed by atoms with Crippen LogP contribution in [0, 0.1) is 17.3 Å². The highest BCUT2D eigenvalue weighted by Gasteiger charge is 2.62. The quantitative estimate of drug-likeness (QED) is 0.410. The Balaban J connectivity index is 1.44. The number of aryl methyl sites for hydroxylation is 1. The predicted molar refractivity (Wildman–Crippen MR) is 146 cm³/mol. The van der Waals surface area contributed by atoms with Crippen molar-refractivity contribution in [3.05, 3.63) is 57.0 Å². The summed E-state index contributed by atoms with van der Waals surface area (Å²) in [6.45, 7) is 2.58. The maximum absolute atomic E-state index is 13.5. The highest BCUT2D eigenvalue weighted by atomic mass is 35.5. The Hall–Kier alpha value is -3.26. The van der Waals surface area contributed by atoms with E-state index in [0.717, 1.165) is 19.5 Å². The van der Waals surface area contributed by atoms with Crippen LogP contribution in [0.2, 0.25) is 5.02 Å². The fourth-order valence-electron chi connectivity index (χ4n) is 5.35. The van der Waals surface area contributed by atoms with Gasteiger partial charge in [-0.05, 0) is 44.5 Å². The molecule has 7 nitrogen and oxygen atoms in total. The van der Waals surface area contributed by atoms with Gasteiger partial charge in [0.1, 0.15) is 23.1 Å². The van der Waals surface area contributed by atoms with Gasteiger partial charge in [0.05, 0.1) is 23.8 Å². The van der Waals surface area contributed by atoms with Crippen molar-refractivity contribution in [2.24, 2.45) is 12.5 Å². The molecule has 2 aliphatic heterocycles. The average Bonchev–Trinajstić information content (AvgIpc) is 3.65. The van der Waals surface area contributed by atoms with Crippen LogP contribution in [0.4, 0.5) is 24.7 Å². The number of alkyl halides is 3. The minimum atomic E-state index is -4.36. The number of likely N-dealkylation sites (tertiary alicyclic amines) is 1. The fraction of sp³-hybridized carbons (Fsp3) is 0.448. The normalized spacial score (nSPS) is 20.6. The van der Waals surface area contributed by atoms with Crippen molar-refractivity contribution in [1.29, 1.82) is 0 Å². The van der Waals surface area contributed by atoms with E-state index in [1.165, 1.54) is 4.57 Å². The lowest BCUT2D eigenvalue weighted by Gasteiger charge is -2.26. The summed E-state index contributed by atoms with van der Waals surface area (Å²) in [6, 6.07) is 8.80. The molecule has 1 aromatic heterocycles. The van der Waals surface area contributed by atoms with E-state index >= 15 is 0 Å². The van der Waals surface area contributed by atoms with Gasteiger partial charge in [0, 0.05) is 54.9 Å². The van der Waals surface area contributed by atoms with Crippen LogP contribution in [0.1, 0.15) is 30.4 Å². The summed E-state index contributed by atoms with van der Waals surface area (Å²) < 4.78 is 54.0. The summed E-state index contributed by atoms with van der Waals surface area (Å²) in [5, 5.41) is 1.04. The molecule has 0 N–H and O–H groups in total. The highest BCUT2D eigenvalue weighted by Crippen LogP contribution is 2.57. The Kier molecular flexibility index (Phi) is 6.72. The lowest BCUT2D eigenvalue weighted by Crippen LogP contribution is -2.28. The van der Waals surface area contributed by atoms with Crippen LogP contribution in [0.3, 0.4) is 0 Å². The molecule has 3 aromatic rings. The third kappa shape index (κ3) is 4.80. The first-order valence-corrected chi connectivity index (χ1v) is 13.6. The summed E-state index contributed by atoms with van der Waals surface area (Å²) >= 11 is 6.70. The molecule has 3 heterocycles. The third-order valence-corrected chi connectivity index (χ3v) is 8.21. The Morgan fingerprint density at radius 1 is 1.20 bits per heavy atom. The Bertz CT molecular complexity index is 1610. The van der Waals surface area contributed by atoms with Gasteiger partial charge in [-0.15, -0.1) is 0 Å². The van der Waals surface area contributed by atoms with E-state index in [9.17, 15) is 18.0 Å². The van der Waals surface area contributed by atoms with Gasteiger partial charge in [0.25, 0.3) is 0 Å². The van der Waals surface area contributed by atoms with E-state index in [1.807, 2.05) is 18.0 Å². The van der Waals surface area contributed by atoms with E-state index in [4.69, 9.17) is 21.1 Å². The largest absolute Gasteiger partial charge is 0.487 e. The van der Waals surface area contributed by atoms with Crippen molar-refractivity contribution >= 4 is 34.0 Å². The first-order valence-electron chi connectivity index (χ1n) is 13.2. The number of aromatic nitrogens is 2. The van der Waals surface area contributed by atoms with Gasteiger partial charge in [-0.2, -0.15) is 18.2 Å². The summed E-state index contributed by atoms with van der Waals surface area (Å²) in [5.74, 6) is 6.17. The van der Waals surface area contributed by atoms with Crippen molar-refractivity contribution in [2.45, 2.75) is 38.1 Å². The van der Waals surface area contributed by atoms with Crippen LogP contribution in [0.25, 0.3) is 10.9 Å². The number of nitrogens with zero attached hydrogens (tertiary/aromatic N) is 4. The molecule has 0 radical (unpaired) electrons. The number of ether oxygens (including phenoxy) is 2. The van der Waals surface area contributed by atoms with Crippen LogP contribution in [0.15, 0.2) is 35.1 Å². The number of benzene rings is 2. The van der Waals surface area contributed by atoms with Gasteiger partial charge in [-0.25, -0.2) is 4.79 Å². The van der Waals surface area contributed by atoms with Crippen molar-refractivity contribution in [2.75, 3.05) is 38.2 Å². The second-order valence-electron chi connectivity index (χ2n) is 10.7. The molecule has 210 valence electrons. The molecule has 3 aliphatic rings. The standard InChI is InChI=1S/C29H28ClF3N4O3/c1-35-11-7-19(16-35)40-25-15-24-20(14-22(25)30)26(34-27(38)36(24)2)37-12-13-39-17-21-18(4-3-5-23(21)37)6-8-28(9-10-28)29(31,32)33/h3-5,14-15,19H,7,9-13,16-17H2,1-2H3. The number of likely N-dealkylation sites (N-methyl/N-ethyl adjacent to an activating group) is 1. The molecule has 1 aliphatic carbocycles. The molecule has 6 rings (SSSR count). The summed E-state index contributed by atoms with van der Waals surface area (Å²) in [6.07, 6.45) is -3.47. The summed E-state index contributed by atoms with van der Waals surface area (Å²) in [4.78, 5) is 21.5. The molecule has 11 heteroatoms. The molecule has 1 atom stereocenters. The smallest absolute Gasteiger partial charge is 0.405 e. The monoisotopic (exact) mass is 572 g/mol. The molecular formula is C29H28ClF3N4O3. The van der Waals surface area contributed by atoms with Crippen molar-refractivity contribution in [3.8, 4) is 17.6 Å². The maximum Gasteiger partial charge on any atom is 0.405 e. The Labute approximate surface area is 234 Å². The first-order chi connectivity index (χ1) is 19.1. The number of rotatable bonds is 3. The third-order valence-electron chi connectivity index (χ3n) is 7.92. The SMILES string of the molecule is CN1CCC(Oc2cc3c(cc2Cl)c(N2CCOCc4c(C#CC5(C(F)(F)F)CC5)cccc42)nc(=O)n3C)C1. The molecule has 1 unspecified atom stereocenters. The van der Waals surface area contributed by atoms with Gasteiger partial charge in [0.2, 0.25) is 0 Å². The number of fused-ring (bicyclic) bond motifs is 2. The summed E-state index contributed by atoms with van der Waals surface area (Å²) in [7, 11) is 3.68. The number of hydrogen-bond acceptors (Lipinski definition) is 6. The van der Waals surface area contributed by atoms with Crippen LogP contribution in [-0.2, 0) is 18.4 Å². The van der Waals surface area contributed by atoms with Gasteiger partial charge >= 0.3 is 11.9 Å². The zero-order valence-corrected chi connectivity index (χ0v) is 22.9. The second kappa shape index (κ2) is 9.98. The molecule has 40 heavy (non-hydrogen) atoms. The molecule has 1 saturated carbocycles. The van der Waals surface area contributed by atoms with Crippen molar-refractivity contribution in [1.82, 2.24) is 14.5 Å². The summed E-state index contributed by atoms with van der Waals surface area (Å²) in [5.41, 5.74) is -0.00640. The van der Waals surface area contributed by atoms with E-state index in [2.05, 4.69) is 21.7 Å². The average molecular weight is 573 g/mol. The minimum absolute atomic E-state index is 0.000396. The van der Waals surface area contributed by atoms with E-state index in [0.29, 0.717) is 57.5 Å². The molecule has 2 fully saturated rings. The Morgan fingerprint density at radius 2 is 2.00 bits per heavy atom. The molecule has 0 amide bonds. The molecular weight excluding hydrogens is 545 g/mol. The highest BCUT2D eigenvalue weighted by molar-refractivity contribution is 6.33. The number of hydrogen-bond donors (Lipinski definition) is 0. The topological polar surface area (TPSA) is 59.8 Å². The molecule has 2 aromatic carbocycles. The van der Waals surface area contributed by atoms with Gasteiger partial charge in [-0.3, -0.25) is 4.57 Å². The molecule has 1 saturated heterocycles. The van der Waals surface area contributed by atoms with Gasteiger partial charge in [-0.1, -0.05) is 29.5 Å². The van der Waals surface area contributed by atoms with Gasteiger partial charge < -0.3 is 19.3 Å². The second-order valence-corrected chi connectivity index (χ2v) is 11.1. The van der Waals surface area contributed by atoms with Crippen molar-refractivity contribution in [3.63, 3.8) is 0 Å². The van der Waals surface area contributed by atoms with E-state index in [-0.39, 0.29) is 25.6 Å². The maximum atomic E-state index is 13.5. The van der Waals surface area contributed by atoms with Crippen LogP contribution in [-0.4, -0.2) is 60.0 Å². The number of anilines is 2. The predicted octanol–water partition coefficient (Wildman–Crippen LogP) is 5.03. The van der Waals surface area contributed by atoms with Crippen LogP contribution in [0.5, 0.6) is 5.75 Å². The fourth-order valence-corrected chi connectivity index (χ4v) is 5.56. The van der Waals surface area contributed by atoms with E-state index in [1.54, 1.807) is 31.3 Å². The molecule has 0 spiro atoms. The van der Waals surface area contributed by atoms with Gasteiger partial charge in [0.15, 0.2) is 0 Å². The number of halogens is 4. The molecule has 0 bridgehead atoms. The van der Waals surface area contributed by atoms with Crippen LogP contribution >= 0.6 is 11.6 Å². The lowest BCUT2D eigenvalue weighted by molar-refractivity contribution is -0.168. The lowest BCUT2D eigenvalue weighted by atomic mass is 10.0.